The number of carbonyl (C=O) groups excluding carboxylic acids is 2. The molecule has 0 radical (unpaired) electrons. The van der Waals surface area contributed by atoms with Crippen LogP contribution in [-0.4, -0.2) is 37.4 Å². The molecule has 0 saturated heterocycles. The molecule has 0 fully saturated rings. The highest BCUT2D eigenvalue weighted by molar-refractivity contribution is 5.94. The molecule has 0 aliphatic rings. The van der Waals surface area contributed by atoms with Crippen molar-refractivity contribution < 1.29 is 14.3 Å². The largest absolute Gasteiger partial charge is 0.486 e. The molecule has 0 spiro atoms. The van der Waals surface area contributed by atoms with Crippen molar-refractivity contribution in [2.45, 2.75) is 19.4 Å². The Morgan fingerprint density at radius 3 is 2.28 bits per heavy atom. The summed E-state index contributed by atoms with van der Waals surface area (Å²) in [5.41, 5.74) is 1.63. The minimum Gasteiger partial charge on any atom is -0.486 e. The van der Waals surface area contributed by atoms with Gasteiger partial charge in [0.2, 0.25) is 5.91 Å². The maximum atomic E-state index is 12.1. The SMILES string of the molecule is C[C@@H](Oc1ccc(C(=O)NCCC(=O)N(C)C)cc1)c1ccccc1. The molecule has 0 heterocycles. The quantitative estimate of drug-likeness (QED) is 0.843. The Hall–Kier alpha value is -2.82. The lowest BCUT2D eigenvalue weighted by Crippen LogP contribution is -2.30. The van der Waals surface area contributed by atoms with Crippen molar-refractivity contribution in [2.24, 2.45) is 0 Å². The highest BCUT2D eigenvalue weighted by atomic mass is 16.5. The topological polar surface area (TPSA) is 58.6 Å². The molecule has 2 aromatic rings. The Balaban J connectivity index is 1.86. The van der Waals surface area contributed by atoms with Gasteiger partial charge in [-0.1, -0.05) is 30.3 Å². The Bertz CT molecular complexity index is 697. The smallest absolute Gasteiger partial charge is 0.251 e. The van der Waals surface area contributed by atoms with Gasteiger partial charge in [0.1, 0.15) is 11.9 Å². The van der Waals surface area contributed by atoms with Crippen LogP contribution in [0.2, 0.25) is 0 Å². The van der Waals surface area contributed by atoms with Crippen molar-refractivity contribution in [3.8, 4) is 5.75 Å². The average molecular weight is 340 g/mol. The first-order valence-electron chi connectivity index (χ1n) is 8.27. The zero-order valence-electron chi connectivity index (χ0n) is 14.9. The predicted molar refractivity (Wildman–Crippen MR) is 97.6 cm³/mol. The normalized spacial score (nSPS) is 11.5. The maximum absolute atomic E-state index is 12.1. The number of carbonyl (C=O) groups is 2. The number of amides is 2. The van der Waals surface area contributed by atoms with Gasteiger partial charge in [0.05, 0.1) is 0 Å². The summed E-state index contributed by atoms with van der Waals surface area (Å²) >= 11 is 0. The van der Waals surface area contributed by atoms with Crippen LogP contribution in [0.15, 0.2) is 54.6 Å². The first-order valence-corrected chi connectivity index (χ1v) is 8.27. The standard InChI is InChI=1S/C20H24N2O3/c1-15(16-7-5-4-6-8-16)25-18-11-9-17(10-12-18)20(24)21-14-13-19(23)22(2)3/h4-12,15H,13-14H2,1-3H3,(H,21,24)/t15-/m1/s1. The summed E-state index contributed by atoms with van der Waals surface area (Å²) in [6, 6.07) is 16.9. The number of ether oxygens (including phenoxy) is 1. The van der Waals surface area contributed by atoms with Gasteiger partial charge in [0.15, 0.2) is 0 Å². The summed E-state index contributed by atoms with van der Waals surface area (Å²) in [5.74, 6) is 0.490. The van der Waals surface area contributed by atoms with Crippen molar-refractivity contribution in [2.75, 3.05) is 20.6 Å². The van der Waals surface area contributed by atoms with Crippen LogP contribution in [0.1, 0.15) is 35.4 Å². The van der Waals surface area contributed by atoms with Crippen LogP contribution < -0.4 is 10.1 Å². The molecule has 2 aromatic carbocycles. The molecular formula is C20H24N2O3. The third-order valence-corrected chi connectivity index (χ3v) is 3.82. The second-order valence-corrected chi connectivity index (χ2v) is 5.99. The number of rotatable bonds is 7. The third-order valence-electron chi connectivity index (χ3n) is 3.82. The number of benzene rings is 2. The summed E-state index contributed by atoms with van der Waals surface area (Å²) in [5, 5.41) is 2.74. The van der Waals surface area contributed by atoms with Gasteiger partial charge in [-0.3, -0.25) is 9.59 Å². The predicted octanol–water partition coefficient (Wildman–Crippen LogP) is 3.03. The molecule has 0 aromatic heterocycles. The highest BCUT2D eigenvalue weighted by Crippen LogP contribution is 2.21. The van der Waals surface area contributed by atoms with Gasteiger partial charge < -0.3 is 15.0 Å². The average Bonchev–Trinajstić information content (AvgIpc) is 2.62. The van der Waals surface area contributed by atoms with Crippen LogP contribution in [0.4, 0.5) is 0 Å². The van der Waals surface area contributed by atoms with E-state index in [4.69, 9.17) is 4.74 Å². The van der Waals surface area contributed by atoms with Crippen LogP contribution in [0, 0.1) is 0 Å². The summed E-state index contributed by atoms with van der Waals surface area (Å²) in [6.07, 6.45) is 0.215. The summed E-state index contributed by atoms with van der Waals surface area (Å²) in [6.45, 7) is 2.30. The summed E-state index contributed by atoms with van der Waals surface area (Å²) in [7, 11) is 3.39. The highest BCUT2D eigenvalue weighted by Gasteiger charge is 2.10. The summed E-state index contributed by atoms with van der Waals surface area (Å²) in [4.78, 5) is 25.1. The van der Waals surface area contributed by atoms with E-state index >= 15 is 0 Å². The van der Waals surface area contributed by atoms with Crippen molar-refractivity contribution in [3.63, 3.8) is 0 Å². The number of hydrogen-bond donors (Lipinski definition) is 1. The van der Waals surface area contributed by atoms with Gasteiger partial charge in [-0.2, -0.15) is 0 Å². The molecule has 2 amide bonds. The van der Waals surface area contributed by atoms with Crippen molar-refractivity contribution in [1.82, 2.24) is 10.2 Å². The van der Waals surface area contributed by atoms with E-state index in [0.29, 0.717) is 17.9 Å². The van der Waals surface area contributed by atoms with E-state index in [1.165, 1.54) is 4.90 Å². The zero-order valence-corrected chi connectivity index (χ0v) is 14.9. The molecule has 5 nitrogen and oxygen atoms in total. The van der Waals surface area contributed by atoms with Crippen LogP contribution in [0.3, 0.4) is 0 Å². The molecule has 2 rings (SSSR count). The molecular weight excluding hydrogens is 316 g/mol. The lowest BCUT2D eigenvalue weighted by Gasteiger charge is -2.15. The molecule has 5 heteroatoms. The molecule has 25 heavy (non-hydrogen) atoms. The van der Waals surface area contributed by atoms with E-state index in [2.05, 4.69) is 5.32 Å². The fourth-order valence-electron chi connectivity index (χ4n) is 2.29. The zero-order chi connectivity index (χ0) is 18.2. The van der Waals surface area contributed by atoms with Crippen LogP contribution in [0.25, 0.3) is 0 Å². The van der Waals surface area contributed by atoms with Crippen LogP contribution >= 0.6 is 0 Å². The molecule has 0 bridgehead atoms. The van der Waals surface area contributed by atoms with Gasteiger partial charge in [-0.15, -0.1) is 0 Å². The Morgan fingerprint density at radius 2 is 1.68 bits per heavy atom. The minimum atomic E-state index is -0.200. The molecule has 132 valence electrons. The van der Waals surface area contributed by atoms with Crippen molar-refractivity contribution in [3.05, 3.63) is 65.7 Å². The van der Waals surface area contributed by atoms with Gasteiger partial charge in [0, 0.05) is 32.6 Å². The Labute approximate surface area is 148 Å². The molecule has 0 saturated carbocycles. The van der Waals surface area contributed by atoms with Gasteiger partial charge in [0.25, 0.3) is 5.91 Å². The fourth-order valence-corrected chi connectivity index (χ4v) is 2.29. The Kier molecular flexibility index (Phi) is 6.57. The second-order valence-electron chi connectivity index (χ2n) is 5.99. The van der Waals surface area contributed by atoms with E-state index in [1.54, 1.807) is 38.4 Å². The molecule has 1 atom stereocenters. The minimum absolute atomic E-state index is 0.0149. The number of nitrogens with zero attached hydrogens (tertiary/aromatic N) is 1. The Morgan fingerprint density at radius 1 is 1.04 bits per heavy atom. The monoisotopic (exact) mass is 340 g/mol. The lowest BCUT2D eigenvalue weighted by molar-refractivity contribution is -0.128. The number of nitrogens with one attached hydrogen (secondary N) is 1. The second kappa shape index (κ2) is 8.87. The van der Waals surface area contributed by atoms with Crippen molar-refractivity contribution >= 4 is 11.8 Å². The fraction of sp³-hybridized carbons (Fsp3) is 0.300. The maximum Gasteiger partial charge on any atom is 0.251 e. The van der Waals surface area contributed by atoms with Crippen LogP contribution in [0.5, 0.6) is 5.75 Å². The molecule has 0 unspecified atom stereocenters. The molecule has 0 aliphatic carbocycles. The van der Waals surface area contributed by atoms with E-state index in [-0.39, 0.29) is 24.3 Å². The van der Waals surface area contributed by atoms with Gasteiger partial charge in [-0.25, -0.2) is 0 Å². The third kappa shape index (κ3) is 5.64. The molecule has 0 aliphatic heterocycles. The summed E-state index contributed by atoms with van der Waals surface area (Å²) < 4.78 is 5.89. The van der Waals surface area contributed by atoms with E-state index < -0.39 is 0 Å². The van der Waals surface area contributed by atoms with Crippen molar-refractivity contribution in [1.29, 1.82) is 0 Å². The van der Waals surface area contributed by atoms with E-state index in [1.807, 2.05) is 37.3 Å². The van der Waals surface area contributed by atoms with Crippen LogP contribution in [-0.2, 0) is 4.79 Å². The van der Waals surface area contributed by atoms with E-state index in [9.17, 15) is 9.59 Å². The van der Waals surface area contributed by atoms with Gasteiger partial charge in [-0.05, 0) is 36.8 Å². The lowest BCUT2D eigenvalue weighted by atomic mass is 10.1. The number of hydrogen-bond acceptors (Lipinski definition) is 3. The molecule has 1 N–H and O–H groups in total. The van der Waals surface area contributed by atoms with Gasteiger partial charge >= 0.3 is 0 Å². The van der Waals surface area contributed by atoms with E-state index in [0.717, 1.165) is 5.56 Å². The first-order chi connectivity index (χ1) is 12.0. The first kappa shape index (κ1) is 18.5.